The molecule has 0 aliphatic heterocycles. The van der Waals surface area contributed by atoms with Gasteiger partial charge >= 0.3 is 0 Å². The predicted molar refractivity (Wildman–Crippen MR) is 112 cm³/mol. The highest BCUT2D eigenvalue weighted by atomic mass is 127. The van der Waals surface area contributed by atoms with Crippen LogP contribution in [-0.2, 0) is 0 Å². The van der Waals surface area contributed by atoms with E-state index in [4.69, 9.17) is 0 Å². The third kappa shape index (κ3) is 3.64. The van der Waals surface area contributed by atoms with Crippen molar-refractivity contribution < 1.29 is 0 Å². The highest BCUT2D eigenvalue weighted by Crippen LogP contribution is 2.24. The van der Waals surface area contributed by atoms with E-state index in [1.54, 1.807) is 24.3 Å². The minimum absolute atomic E-state index is 0.280. The SMILES string of the molecule is O=c1c(NI)c(Nc2ccc(N=Nc3ccc(I)cc3)cc2)c1=O. The topological polar surface area (TPSA) is 82.9 Å². The largest absolute Gasteiger partial charge is 0.350 e. The fraction of sp³-hybridized carbons (Fsp3) is 0. The molecule has 0 amide bonds. The summed E-state index contributed by atoms with van der Waals surface area (Å²) in [6.45, 7) is 0. The summed E-state index contributed by atoms with van der Waals surface area (Å²) in [6, 6.07) is 14.8. The van der Waals surface area contributed by atoms with Crippen LogP contribution in [0.15, 0.2) is 68.3 Å². The van der Waals surface area contributed by atoms with E-state index in [0.717, 1.165) is 9.26 Å². The van der Waals surface area contributed by atoms with Gasteiger partial charge in [-0.3, -0.25) is 9.59 Å². The molecular formula is C16H10I2N4O2. The number of hydrogen-bond donors (Lipinski definition) is 2. The van der Waals surface area contributed by atoms with Crippen LogP contribution in [0.1, 0.15) is 0 Å². The zero-order valence-corrected chi connectivity index (χ0v) is 16.4. The van der Waals surface area contributed by atoms with Gasteiger partial charge in [-0.2, -0.15) is 10.2 Å². The van der Waals surface area contributed by atoms with Crippen molar-refractivity contribution >= 4 is 73.9 Å². The van der Waals surface area contributed by atoms with Gasteiger partial charge in [0.15, 0.2) is 0 Å². The number of azo groups is 1. The van der Waals surface area contributed by atoms with Crippen molar-refractivity contribution in [1.82, 2.24) is 0 Å². The number of nitrogens with one attached hydrogen (secondary N) is 2. The van der Waals surface area contributed by atoms with Crippen LogP contribution in [-0.4, -0.2) is 0 Å². The Morgan fingerprint density at radius 2 is 1.25 bits per heavy atom. The molecule has 2 N–H and O–H groups in total. The fourth-order valence-corrected chi connectivity index (χ4v) is 2.85. The highest BCUT2D eigenvalue weighted by molar-refractivity contribution is 14.1. The molecule has 3 aromatic rings. The van der Waals surface area contributed by atoms with Crippen LogP contribution in [0.3, 0.4) is 0 Å². The van der Waals surface area contributed by atoms with Gasteiger partial charge in [0, 0.05) is 9.26 Å². The van der Waals surface area contributed by atoms with E-state index in [1.165, 1.54) is 0 Å². The summed E-state index contributed by atoms with van der Waals surface area (Å²) in [6.07, 6.45) is 0. The zero-order valence-electron chi connectivity index (χ0n) is 12.1. The number of hydrogen-bond acceptors (Lipinski definition) is 6. The quantitative estimate of drug-likeness (QED) is 0.209. The molecule has 0 unspecified atom stereocenters. The van der Waals surface area contributed by atoms with Crippen molar-refractivity contribution in [3.05, 3.63) is 72.5 Å². The van der Waals surface area contributed by atoms with Crippen molar-refractivity contribution in [3.63, 3.8) is 0 Å². The molecule has 0 fully saturated rings. The van der Waals surface area contributed by atoms with Gasteiger partial charge in [-0.1, -0.05) is 0 Å². The van der Waals surface area contributed by atoms with Crippen molar-refractivity contribution in [2.45, 2.75) is 0 Å². The van der Waals surface area contributed by atoms with E-state index in [0.29, 0.717) is 17.1 Å². The van der Waals surface area contributed by atoms with Gasteiger partial charge in [0.1, 0.15) is 11.4 Å². The van der Waals surface area contributed by atoms with E-state index in [9.17, 15) is 9.59 Å². The second-order valence-electron chi connectivity index (χ2n) is 4.85. The lowest BCUT2D eigenvalue weighted by atomic mass is 10.2. The minimum atomic E-state index is -0.517. The average molecular weight is 544 g/mol. The molecule has 0 saturated heterocycles. The summed E-state index contributed by atoms with van der Waals surface area (Å²) in [5.74, 6) is 0. The van der Waals surface area contributed by atoms with Gasteiger partial charge < -0.3 is 8.85 Å². The number of rotatable bonds is 5. The van der Waals surface area contributed by atoms with Crippen LogP contribution in [0.2, 0.25) is 0 Å². The fourth-order valence-electron chi connectivity index (χ4n) is 1.98. The highest BCUT2D eigenvalue weighted by Gasteiger charge is 2.19. The summed E-state index contributed by atoms with van der Waals surface area (Å²) in [5.41, 5.74) is 1.72. The molecule has 0 bridgehead atoms. The Balaban J connectivity index is 1.71. The van der Waals surface area contributed by atoms with Crippen LogP contribution < -0.4 is 19.7 Å². The van der Waals surface area contributed by atoms with Crippen LogP contribution in [0.4, 0.5) is 28.4 Å². The van der Waals surface area contributed by atoms with Crippen LogP contribution in [0.5, 0.6) is 0 Å². The maximum absolute atomic E-state index is 11.5. The minimum Gasteiger partial charge on any atom is -0.350 e. The molecule has 3 rings (SSSR count). The summed E-state index contributed by atoms with van der Waals surface area (Å²) in [4.78, 5) is 22.9. The Bertz CT molecular complexity index is 959. The summed E-state index contributed by atoms with van der Waals surface area (Å²) >= 11 is 4.05. The van der Waals surface area contributed by atoms with E-state index in [-0.39, 0.29) is 5.69 Å². The van der Waals surface area contributed by atoms with Gasteiger partial charge in [-0.25, -0.2) is 0 Å². The Morgan fingerprint density at radius 1 is 0.750 bits per heavy atom. The first-order chi connectivity index (χ1) is 11.6. The van der Waals surface area contributed by atoms with E-state index >= 15 is 0 Å². The number of halogens is 2. The first kappa shape index (κ1) is 17.0. The average Bonchev–Trinajstić information content (AvgIpc) is 2.61. The van der Waals surface area contributed by atoms with Gasteiger partial charge in [-0.15, -0.1) is 0 Å². The van der Waals surface area contributed by atoms with Gasteiger partial charge in [0.05, 0.1) is 34.2 Å². The molecule has 0 spiro atoms. The van der Waals surface area contributed by atoms with Crippen molar-refractivity contribution in [2.24, 2.45) is 10.2 Å². The molecule has 0 aliphatic rings. The van der Waals surface area contributed by atoms with E-state index in [2.05, 4.69) is 41.7 Å². The Kier molecular flexibility index (Phi) is 5.23. The van der Waals surface area contributed by atoms with Crippen molar-refractivity contribution in [1.29, 1.82) is 0 Å². The van der Waals surface area contributed by atoms with Crippen LogP contribution in [0, 0.1) is 3.57 Å². The predicted octanol–water partition coefficient (Wildman–Crippen LogP) is 4.81. The van der Waals surface area contributed by atoms with Crippen molar-refractivity contribution in [2.75, 3.05) is 8.85 Å². The smallest absolute Gasteiger partial charge is 0.253 e. The van der Waals surface area contributed by atoms with Gasteiger partial charge in [-0.05, 0) is 71.1 Å². The third-order valence-corrected chi connectivity index (χ3v) is 4.51. The van der Waals surface area contributed by atoms with Crippen LogP contribution in [0.25, 0.3) is 0 Å². The van der Waals surface area contributed by atoms with Crippen molar-refractivity contribution in [3.8, 4) is 0 Å². The molecule has 0 heterocycles. The lowest BCUT2D eigenvalue weighted by Gasteiger charge is -2.11. The maximum Gasteiger partial charge on any atom is 0.253 e. The molecule has 0 aliphatic carbocycles. The Hall–Kier alpha value is -1.82. The molecule has 6 nitrogen and oxygen atoms in total. The lowest BCUT2D eigenvalue weighted by Crippen LogP contribution is -2.35. The summed E-state index contributed by atoms with van der Waals surface area (Å²) < 4.78 is 3.83. The summed E-state index contributed by atoms with van der Waals surface area (Å²) in [5, 5.41) is 11.3. The number of nitrogens with zero attached hydrogens (tertiary/aromatic N) is 2. The normalized spacial score (nSPS) is 11.1. The van der Waals surface area contributed by atoms with Gasteiger partial charge in [0.2, 0.25) is 0 Å². The monoisotopic (exact) mass is 544 g/mol. The summed E-state index contributed by atoms with van der Waals surface area (Å²) in [7, 11) is 0. The van der Waals surface area contributed by atoms with E-state index < -0.39 is 10.9 Å². The second-order valence-corrected chi connectivity index (χ2v) is 6.64. The standard InChI is InChI=1S/C16H10I2N4O2/c17-9-1-3-11(4-2-9)21-22-12-7-5-10(6-8-12)19-13-14(20-18)16(24)15(13)23/h1-8,19-20H. The number of benzene rings is 2. The number of anilines is 3. The molecule has 3 aromatic carbocycles. The molecule has 0 atom stereocenters. The first-order valence-corrected chi connectivity index (χ1v) is 8.98. The van der Waals surface area contributed by atoms with Gasteiger partial charge in [0.25, 0.3) is 10.9 Å². The molecule has 24 heavy (non-hydrogen) atoms. The lowest BCUT2D eigenvalue weighted by molar-refractivity contribution is 1.23. The maximum atomic E-state index is 11.5. The molecular weight excluding hydrogens is 534 g/mol. The Labute approximate surface area is 164 Å². The molecule has 0 saturated carbocycles. The molecule has 0 radical (unpaired) electrons. The Morgan fingerprint density at radius 3 is 1.79 bits per heavy atom. The zero-order chi connectivity index (χ0) is 17.1. The van der Waals surface area contributed by atoms with Crippen LogP contribution >= 0.6 is 45.5 Å². The second kappa shape index (κ2) is 7.38. The first-order valence-electron chi connectivity index (χ1n) is 6.83. The molecule has 120 valence electrons. The van der Waals surface area contributed by atoms with E-state index in [1.807, 2.05) is 47.1 Å². The molecule has 8 heteroatoms. The third-order valence-electron chi connectivity index (χ3n) is 3.25. The molecule has 0 aromatic heterocycles.